The summed E-state index contributed by atoms with van der Waals surface area (Å²) in [4.78, 5) is 19.3. The molecule has 6 heteroatoms. The second kappa shape index (κ2) is 10.1. The van der Waals surface area contributed by atoms with Crippen molar-refractivity contribution in [3.05, 3.63) is 29.3 Å². The first-order chi connectivity index (χ1) is 13.1. The first-order valence-electron chi connectivity index (χ1n) is 10.2. The minimum absolute atomic E-state index is 0.273. The van der Waals surface area contributed by atoms with E-state index in [1.807, 2.05) is 4.90 Å². The highest BCUT2D eigenvalue weighted by Gasteiger charge is 2.22. The van der Waals surface area contributed by atoms with Crippen LogP contribution in [-0.2, 0) is 9.53 Å². The molecule has 27 heavy (non-hydrogen) atoms. The van der Waals surface area contributed by atoms with Crippen LogP contribution in [0.2, 0.25) is 0 Å². The van der Waals surface area contributed by atoms with E-state index in [1.165, 1.54) is 16.8 Å². The Labute approximate surface area is 163 Å². The highest BCUT2D eigenvalue weighted by atomic mass is 16.5. The molecule has 1 aromatic rings. The second-order valence-corrected chi connectivity index (χ2v) is 7.54. The molecule has 0 unspecified atom stereocenters. The molecule has 1 amide bonds. The summed E-state index contributed by atoms with van der Waals surface area (Å²) >= 11 is 0. The van der Waals surface area contributed by atoms with Gasteiger partial charge in [-0.3, -0.25) is 9.69 Å². The fourth-order valence-electron chi connectivity index (χ4n) is 3.82. The van der Waals surface area contributed by atoms with Gasteiger partial charge in [0.2, 0.25) is 5.91 Å². The number of piperazine rings is 1. The molecular formula is C21H34N4O2. The molecule has 0 aromatic heterocycles. The molecule has 1 N–H and O–H groups in total. The largest absolute Gasteiger partial charge is 0.379 e. The topological polar surface area (TPSA) is 48.0 Å². The van der Waals surface area contributed by atoms with E-state index in [2.05, 4.69) is 47.2 Å². The van der Waals surface area contributed by atoms with Crippen molar-refractivity contribution in [2.45, 2.75) is 20.3 Å². The number of carbonyl (C=O) groups is 1. The summed E-state index contributed by atoms with van der Waals surface area (Å²) < 4.78 is 5.36. The van der Waals surface area contributed by atoms with Crippen molar-refractivity contribution in [1.82, 2.24) is 15.1 Å². The van der Waals surface area contributed by atoms with Crippen molar-refractivity contribution in [2.75, 3.05) is 77.0 Å². The van der Waals surface area contributed by atoms with Gasteiger partial charge >= 0.3 is 0 Å². The highest BCUT2D eigenvalue weighted by Crippen LogP contribution is 2.23. The smallest absolute Gasteiger partial charge is 0.223 e. The van der Waals surface area contributed by atoms with Gasteiger partial charge in [-0.25, -0.2) is 0 Å². The lowest BCUT2D eigenvalue weighted by Gasteiger charge is -2.37. The van der Waals surface area contributed by atoms with Crippen LogP contribution >= 0.6 is 0 Å². The number of rotatable bonds is 7. The average Bonchev–Trinajstić information content (AvgIpc) is 2.70. The van der Waals surface area contributed by atoms with E-state index in [1.54, 1.807) is 0 Å². The van der Waals surface area contributed by atoms with Gasteiger partial charge in [-0.1, -0.05) is 12.1 Å². The summed E-state index contributed by atoms with van der Waals surface area (Å²) in [6, 6.07) is 6.47. The van der Waals surface area contributed by atoms with E-state index in [4.69, 9.17) is 4.74 Å². The van der Waals surface area contributed by atoms with Crippen LogP contribution in [0.1, 0.15) is 17.5 Å². The quantitative estimate of drug-likeness (QED) is 0.729. The van der Waals surface area contributed by atoms with Crippen LogP contribution in [0.25, 0.3) is 0 Å². The lowest BCUT2D eigenvalue weighted by atomic mass is 10.1. The molecule has 150 valence electrons. The Kier molecular flexibility index (Phi) is 7.50. The minimum atomic E-state index is 0.273. The van der Waals surface area contributed by atoms with Crippen LogP contribution < -0.4 is 10.2 Å². The van der Waals surface area contributed by atoms with Gasteiger partial charge in [-0.15, -0.1) is 0 Å². The number of amides is 1. The van der Waals surface area contributed by atoms with Gasteiger partial charge in [0.25, 0.3) is 0 Å². The zero-order chi connectivity index (χ0) is 19.1. The minimum Gasteiger partial charge on any atom is -0.379 e. The zero-order valence-electron chi connectivity index (χ0n) is 16.9. The van der Waals surface area contributed by atoms with Gasteiger partial charge in [-0.2, -0.15) is 0 Å². The maximum absolute atomic E-state index is 12.5. The summed E-state index contributed by atoms with van der Waals surface area (Å²) in [5.74, 6) is 0.273. The van der Waals surface area contributed by atoms with Crippen molar-refractivity contribution < 1.29 is 9.53 Å². The van der Waals surface area contributed by atoms with Crippen molar-refractivity contribution in [1.29, 1.82) is 0 Å². The van der Waals surface area contributed by atoms with Gasteiger partial charge in [-0.05, 0) is 31.0 Å². The van der Waals surface area contributed by atoms with Gasteiger partial charge in [0.05, 0.1) is 13.2 Å². The molecule has 0 atom stereocenters. The SMILES string of the molecule is Cc1cccc(N2CCN(C(=O)CCNCCN3CCOCC3)CC2)c1C. The molecule has 6 nitrogen and oxygen atoms in total. The van der Waals surface area contributed by atoms with Gasteiger partial charge < -0.3 is 19.9 Å². The average molecular weight is 375 g/mol. The maximum atomic E-state index is 12.5. The highest BCUT2D eigenvalue weighted by molar-refractivity contribution is 5.76. The van der Waals surface area contributed by atoms with Gasteiger partial charge in [0, 0.05) is 71.0 Å². The van der Waals surface area contributed by atoms with Gasteiger partial charge in [0.1, 0.15) is 0 Å². The van der Waals surface area contributed by atoms with E-state index in [0.717, 1.165) is 72.1 Å². The Balaban J connectivity index is 1.33. The van der Waals surface area contributed by atoms with Crippen molar-refractivity contribution in [2.24, 2.45) is 0 Å². The van der Waals surface area contributed by atoms with E-state index in [0.29, 0.717) is 6.42 Å². The van der Waals surface area contributed by atoms with E-state index >= 15 is 0 Å². The maximum Gasteiger partial charge on any atom is 0.223 e. The number of morpholine rings is 1. The number of hydrogen-bond acceptors (Lipinski definition) is 5. The standard InChI is InChI=1S/C21H34N4O2/c1-18-4-3-5-20(19(18)2)24-10-12-25(13-11-24)21(26)6-7-22-8-9-23-14-16-27-17-15-23/h3-5,22H,6-17H2,1-2H3. The Morgan fingerprint density at radius 3 is 2.52 bits per heavy atom. The number of aryl methyl sites for hydroxylation is 1. The number of hydrogen-bond donors (Lipinski definition) is 1. The number of anilines is 1. The van der Waals surface area contributed by atoms with Gasteiger partial charge in [0.15, 0.2) is 0 Å². The number of carbonyl (C=O) groups excluding carboxylic acids is 1. The normalized spacial score (nSPS) is 18.7. The molecule has 2 heterocycles. The fraction of sp³-hybridized carbons (Fsp3) is 0.667. The van der Waals surface area contributed by atoms with E-state index in [9.17, 15) is 4.79 Å². The molecule has 0 aliphatic carbocycles. The molecule has 2 aliphatic rings. The van der Waals surface area contributed by atoms with Crippen LogP contribution in [0.4, 0.5) is 5.69 Å². The number of nitrogens with one attached hydrogen (secondary N) is 1. The molecule has 1 aromatic carbocycles. The summed E-state index contributed by atoms with van der Waals surface area (Å²) in [5.41, 5.74) is 3.99. The lowest BCUT2D eigenvalue weighted by molar-refractivity contribution is -0.131. The molecule has 2 saturated heterocycles. The first kappa shape index (κ1) is 20.1. The van der Waals surface area contributed by atoms with Crippen LogP contribution in [-0.4, -0.2) is 87.8 Å². The van der Waals surface area contributed by atoms with E-state index < -0.39 is 0 Å². The Hall–Kier alpha value is -1.63. The molecule has 0 radical (unpaired) electrons. The monoisotopic (exact) mass is 374 g/mol. The third kappa shape index (κ3) is 5.67. The molecule has 0 spiro atoms. The molecular weight excluding hydrogens is 340 g/mol. The van der Waals surface area contributed by atoms with Crippen LogP contribution in [0.15, 0.2) is 18.2 Å². The van der Waals surface area contributed by atoms with Crippen molar-refractivity contribution >= 4 is 11.6 Å². The van der Waals surface area contributed by atoms with Crippen LogP contribution in [0.3, 0.4) is 0 Å². The fourth-order valence-corrected chi connectivity index (χ4v) is 3.82. The number of nitrogens with zero attached hydrogens (tertiary/aromatic N) is 3. The van der Waals surface area contributed by atoms with Crippen molar-refractivity contribution in [3.8, 4) is 0 Å². The Bertz CT molecular complexity index is 608. The third-order valence-corrected chi connectivity index (χ3v) is 5.77. The number of ether oxygens (including phenoxy) is 1. The number of benzene rings is 1. The Morgan fingerprint density at radius 1 is 1.04 bits per heavy atom. The molecule has 2 fully saturated rings. The zero-order valence-corrected chi connectivity index (χ0v) is 16.9. The summed E-state index contributed by atoms with van der Waals surface area (Å²) in [6.07, 6.45) is 0.590. The van der Waals surface area contributed by atoms with Crippen molar-refractivity contribution in [3.63, 3.8) is 0 Å². The lowest BCUT2D eigenvalue weighted by Crippen LogP contribution is -2.49. The molecule has 0 bridgehead atoms. The summed E-state index contributed by atoms with van der Waals surface area (Å²) in [5, 5.41) is 3.41. The Morgan fingerprint density at radius 2 is 1.78 bits per heavy atom. The second-order valence-electron chi connectivity index (χ2n) is 7.54. The molecule has 3 rings (SSSR count). The summed E-state index contributed by atoms with van der Waals surface area (Å²) in [7, 11) is 0. The first-order valence-corrected chi connectivity index (χ1v) is 10.2. The predicted molar refractivity (Wildman–Crippen MR) is 109 cm³/mol. The van der Waals surface area contributed by atoms with E-state index in [-0.39, 0.29) is 5.91 Å². The van der Waals surface area contributed by atoms with Crippen LogP contribution in [0, 0.1) is 13.8 Å². The molecule has 2 aliphatic heterocycles. The third-order valence-electron chi connectivity index (χ3n) is 5.77. The summed E-state index contributed by atoms with van der Waals surface area (Å²) in [6.45, 7) is 14.3. The van der Waals surface area contributed by atoms with Crippen LogP contribution in [0.5, 0.6) is 0 Å². The predicted octanol–water partition coefficient (Wildman–Crippen LogP) is 1.26. The molecule has 0 saturated carbocycles.